The summed E-state index contributed by atoms with van der Waals surface area (Å²) in [4.78, 5) is 0. The molecule has 5 nitrogen and oxygen atoms in total. The Morgan fingerprint density at radius 2 is 1.96 bits per heavy atom. The SMILES string of the molecule is C/C=C\c1cc(-n2c(-c3cc(CC)c(O)cc3O)n[nH]c2=S)ccc1C. The molecule has 6 heteroatoms. The number of aromatic nitrogens is 3. The van der Waals surface area contributed by atoms with Gasteiger partial charge < -0.3 is 10.2 Å². The Labute approximate surface area is 157 Å². The van der Waals surface area contributed by atoms with E-state index in [2.05, 4.69) is 10.2 Å². The normalized spacial score (nSPS) is 11.3. The quantitative estimate of drug-likeness (QED) is 0.573. The van der Waals surface area contributed by atoms with Crippen LogP contribution in [0.3, 0.4) is 0 Å². The highest BCUT2D eigenvalue weighted by Crippen LogP contribution is 2.35. The van der Waals surface area contributed by atoms with Gasteiger partial charge in [-0.25, -0.2) is 0 Å². The minimum Gasteiger partial charge on any atom is -0.508 e. The van der Waals surface area contributed by atoms with Crippen LogP contribution in [0.1, 0.15) is 30.5 Å². The van der Waals surface area contributed by atoms with Crippen molar-refractivity contribution >= 4 is 18.3 Å². The van der Waals surface area contributed by atoms with E-state index in [-0.39, 0.29) is 11.5 Å². The molecular weight excluding hydrogens is 346 g/mol. The van der Waals surface area contributed by atoms with Gasteiger partial charge in [0, 0.05) is 6.07 Å². The highest BCUT2D eigenvalue weighted by atomic mass is 32.1. The number of benzene rings is 2. The number of rotatable bonds is 4. The van der Waals surface area contributed by atoms with Crippen molar-refractivity contribution in [2.45, 2.75) is 27.2 Å². The predicted molar refractivity (Wildman–Crippen MR) is 106 cm³/mol. The Kier molecular flexibility index (Phi) is 4.95. The molecule has 2 aromatic carbocycles. The summed E-state index contributed by atoms with van der Waals surface area (Å²) < 4.78 is 2.22. The van der Waals surface area contributed by atoms with Crippen molar-refractivity contribution in [2.75, 3.05) is 0 Å². The van der Waals surface area contributed by atoms with Crippen molar-refractivity contribution in [1.29, 1.82) is 0 Å². The summed E-state index contributed by atoms with van der Waals surface area (Å²) in [6.45, 7) is 5.96. The molecule has 3 rings (SSSR count). The number of hydrogen-bond donors (Lipinski definition) is 3. The topological polar surface area (TPSA) is 74.1 Å². The average molecular weight is 367 g/mol. The van der Waals surface area contributed by atoms with Crippen molar-refractivity contribution in [3.8, 4) is 28.6 Å². The Bertz CT molecular complexity index is 1050. The molecule has 0 unspecified atom stereocenters. The first-order valence-corrected chi connectivity index (χ1v) is 8.83. The Morgan fingerprint density at radius 1 is 1.19 bits per heavy atom. The molecule has 0 radical (unpaired) electrons. The molecule has 0 aliphatic rings. The second kappa shape index (κ2) is 7.17. The third-order valence-electron chi connectivity index (χ3n) is 4.36. The van der Waals surface area contributed by atoms with E-state index in [9.17, 15) is 10.2 Å². The van der Waals surface area contributed by atoms with Crippen LogP contribution in [-0.2, 0) is 6.42 Å². The zero-order chi connectivity index (χ0) is 18.8. The van der Waals surface area contributed by atoms with E-state index in [0.29, 0.717) is 22.6 Å². The number of nitrogens with zero attached hydrogens (tertiary/aromatic N) is 2. The lowest BCUT2D eigenvalue weighted by Gasteiger charge is -2.12. The zero-order valence-corrected chi connectivity index (χ0v) is 15.8. The zero-order valence-electron chi connectivity index (χ0n) is 14.9. The van der Waals surface area contributed by atoms with Crippen LogP contribution < -0.4 is 0 Å². The summed E-state index contributed by atoms with van der Waals surface area (Å²) in [5, 5.41) is 27.4. The maximum atomic E-state index is 10.4. The number of H-pyrrole nitrogens is 1. The van der Waals surface area contributed by atoms with Gasteiger partial charge in [-0.15, -0.1) is 0 Å². The minimum atomic E-state index is -0.0456. The monoisotopic (exact) mass is 367 g/mol. The lowest BCUT2D eigenvalue weighted by molar-refractivity contribution is 0.447. The van der Waals surface area contributed by atoms with Gasteiger partial charge in [-0.1, -0.05) is 25.1 Å². The summed E-state index contributed by atoms with van der Waals surface area (Å²) in [7, 11) is 0. The van der Waals surface area contributed by atoms with Gasteiger partial charge in [0.1, 0.15) is 11.5 Å². The molecule has 0 aliphatic carbocycles. The van der Waals surface area contributed by atoms with Crippen LogP contribution in [0.15, 0.2) is 36.4 Å². The van der Waals surface area contributed by atoms with Crippen molar-refractivity contribution in [2.24, 2.45) is 0 Å². The first kappa shape index (κ1) is 17.9. The number of allylic oxidation sites excluding steroid dienone is 1. The summed E-state index contributed by atoms with van der Waals surface area (Å²) in [5.74, 6) is 0.522. The van der Waals surface area contributed by atoms with Gasteiger partial charge in [0.15, 0.2) is 10.6 Å². The summed E-state index contributed by atoms with van der Waals surface area (Å²) >= 11 is 5.42. The summed E-state index contributed by atoms with van der Waals surface area (Å²) in [6.07, 6.45) is 4.66. The van der Waals surface area contributed by atoms with Gasteiger partial charge in [0.25, 0.3) is 0 Å². The Balaban J connectivity index is 2.24. The van der Waals surface area contributed by atoms with Crippen molar-refractivity contribution in [1.82, 2.24) is 14.8 Å². The van der Waals surface area contributed by atoms with Gasteiger partial charge in [-0.05, 0) is 67.4 Å². The predicted octanol–water partition coefficient (Wildman–Crippen LogP) is 4.91. The fraction of sp³-hybridized carbons (Fsp3) is 0.200. The smallest absolute Gasteiger partial charge is 0.200 e. The lowest BCUT2D eigenvalue weighted by Crippen LogP contribution is -2.00. The van der Waals surface area contributed by atoms with Gasteiger partial charge in [-0.2, -0.15) is 5.10 Å². The molecule has 0 fully saturated rings. The molecule has 0 bridgehead atoms. The number of phenols is 2. The number of aryl methyl sites for hydroxylation is 2. The lowest BCUT2D eigenvalue weighted by atomic mass is 10.0. The summed E-state index contributed by atoms with van der Waals surface area (Å²) in [5.41, 5.74) is 4.34. The van der Waals surface area contributed by atoms with E-state index in [0.717, 1.165) is 22.4 Å². The molecule has 0 saturated carbocycles. The molecule has 0 atom stereocenters. The van der Waals surface area contributed by atoms with E-state index in [1.807, 2.05) is 51.1 Å². The molecule has 134 valence electrons. The standard InChI is InChI=1S/C20H21N3O2S/c1-4-6-14-9-15(8-7-12(14)3)23-19(21-22-20(23)26)16-10-13(5-2)17(24)11-18(16)25/h4,6-11,24-25H,5H2,1-3H3,(H,22,26)/b6-4-. The third-order valence-corrected chi connectivity index (χ3v) is 4.63. The maximum absolute atomic E-state index is 10.4. The molecule has 0 spiro atoms. The molecule has 26 heavy (non-hydrogen) atoms. The Morgan fingerprint density at radius 3 is 2.65 bits per heavy atom. The van der Waals surface area contributed by atoms with Crippen LogP contribution in [0.4, 0.5) is 0 Å². The van der Waals surface area contributed by atoms with E-state index in [4.69, 9.17) is 12.2 Å². The van der Waals surface area contributed by atoms with Crippen molar-refractivity contribution in [3.05, 3.63) is 57.9 Å². The minimum absolute atomic E-state index is 0.0456. The average Bonchev–Trinajstić information content (AvgIpc) is 2.99. The molecule has 0 amide bonds. The molecule has 1 aromatic heterocycles. The van der Waals surface area contributed by atoms with Crippen molar-refractivity contribution < 1.29 is 10.2 Å². The Hall–Kier alpha value is -2.86. The number of aromatic amines is 1. The fourth-order valence-corrected chi connectivity index (χ4v) is 3.17. The van der Waals surface area contributed by atoms with Crippen LogP contribution in [0.2, 0.25) is 0 Å². The maximum Gasteiger partial charge on any atom is 0.200 e. The summed E-state index contributed by atoms with van der Waals surface area (Å²) in [6, 6.07) is 9.11. The second-order valence-corrected chi connectivity index (χ2v) is 6.47. The fourth-order valence-electron chi connectivity index (χ4n) is 2.93. The molecular formula is C20H21N3O2S. The van der Waals surface area contributed by atoms with E-state index >= 15 is 0 Å². The molecule has 3 aromatic rings. The number of hydrogen-bond acceptors (Lipinski definition) is 4. The molecule has 0 aliphatic heterocycles. The van der Waals surface area contributed by atoms with Crippen LogP contribution in [-0.4, -0.2) is 25.0 Å². The van der Waals surface area contributed by atoms with Gasteiger partial charge in [0.05, 0.1) is 11.3 Å². The second-order valence-electron chi connectivity index (χ2n) is 6.08. The van der Waals surface area contributed by atoms with Gasteiger partial charge in [-0.3, -0.25) is 9.67 Å². The van der Waals surface area contributed by atoms with Crippen LogP contribution >= 0.6 is 12.2 Å². The van der Waals surface area contributed by atoms with E-state index in [1.54, 1.807) is 10.6 Å². The van der Waals surface area contributed by atoms with E-state index in [1.165, 1.54) is 6.07 Å². The third kappa shape index (κ3) is 3.15. The molecule has 0 saturated heterocycles. The number of phenolic OH excluding ortho intramolecular Hbond substituents is 2. The largest absolute Gasteiger partial charge is 0.508 e. The van der Waals surface area contributed by atoms with Gasteiger partial charge >= 0.3 is 0 Å². The van der Waals surface area contributed by atoms with Crippen LogP contribution in [0.25, 0.3) is 23.2 Å². The molecule has 1 heterocycles. The first-order valence-electron chi connectivity index (χ1n) is 8.42. The van der Waals surface area contributed by atoms with Gasteiger partial charge in [0.2, 0.25) is 0 Å². The van der Waals surface area contributed by atoms with Crippen LogP contribution in [0.5, 0.6) is 11.5 Å². The number of aromatic hydroxyl groups is 2. The number of nitrogens with one attached hydrogen (secondary N) is 1. The highest BCUT2D eigenvalue weighted by Gasteiger charge is 2.17. The molecule has 3 N–H and O–H groups in total. The first-order chi connectivity index (χ1) is 12.5. The van der Waals surface area contributed by atoms with E-state index < -0.39 is 0 Å². The highest BCUT2D eigenvalue weighted by molar-refractivity contribution is 7.71. The van der Waals surface area contributed by atoms with Crippen LogP contribution in [0, 0.1) is 11.7 Å². The van der Waals surface area contributed by atoms with Crippen molar-refractivity contribution in [3.63, 3.8) is 0 Å².